The first-order valence-corrected chi connectivity index (χ1v) is 7.14. The molecule has 3 heterocycles. The van der Waals surface area contributed by atoms with Gasteiger partial charge in [-0.3, -0.25) is 4.68 Å². The van der Waals surface area contributed by atoms with Crippen LogP contribution in [0.25, 0.3) is 11.3 Å². The van der Waals surface area contributed by atoms with E-state index < -0.39 is 0 Å². The highest BCUT2D eigenvalue weighted by Crippen LogP contribution is 2.25. The van der Waals surface area contributed by atoms with Crippen LogP contribution in [-0.2, 0) is 6.54 Å². The molecule has 0 bridgehead atoms. The molecular weight excluding hydrogens is 238 g/mol. The molecule has 1 atom stereocenters. The van der Waals surface area contributed by atoms with E-state index in [9.17, 15) is 0 Å². The maximum absolute atomic E-state index is 4.41. The van der Waals surface area contributed by atoms with Gasteiger partial charge in [-0.1, -0.05) is 6.92 Å². The van der Waals surface area contributed by atoms with Gasteiger partial charge in [0.2, 0.25) is 0 Å². The molecule has 0 saturated carbocycles. The fraction of sp³-hybridized carbons (Fsp3) is 0.571. The van der Waals surface area contributed by atoms with E-state index in [1.807, 2.05) is 23.4 Å². The number of hydrogen-bond donors (Lipinski definition) is 1. The van der Waals surface area contributed by atoms with Gasteiger partial charge in [0.25, 0.3) is 0 Å². The van der Waals surface area contributed by atoms with E-state index in [1.165, 1.54) is 18.5 Å². The molecule has 5 nitrogen and oxygen atoms in total. The Labute approximate surface area is 113 Å². The molecule has 5 heteroatoms. The molecule has 1 unspecified atom stereocenters. The Hall–Kier alpha value is -1.62. The van der Waals surface area contributed by atoms with Crippen LogP contribution in [0.4, 0.5) is 0 Å². The SMILES string of the molecule is CCCn1cc(-c2cncn2C2CCCNC2)cn1. The molecule has 1 saturated heterocycles. The fourth-order valence-corrected chi connectivity index (χ4v) is 2.74. The maximum atomic E-state index is 4.41. The standard InChI is InChI=1S/C14H21N5/c1-2-6-18-10-12(7-17-18)14-9-16-11-19(14)13-4-3-5-15-8-13/h7,9-11,13,15H,2-6,8H2,1H3. The van der Waals surface area contributed by atoms with Crippen molar-refractivity contribution in [2.75, 3.05) is 13.1 Å². The Morgan fingerprint density at radius 1 is 1.42 bits per heavy atom. The third-order valence-corrected chi connectivity index (χ3v) is 3.71. The van der Waals surface area contributed by atoms with Crippen molar-refractivity contribution >= 4 is 0 Å². The van der Waals surface area contributed by atoms with Crippen LogP contribution in [0.2, 0.25) is 0 Å². The molecule has 1 fully saturated rings. The van der Waals surface area contributed by atoms with E-state index in [4.69, 9.17) is 0 Å². The summed E-state index contributed by atoms with van der Waals surface area (Å²) in [6.07, 6.45) is 11.5. The van der Waals surface area contributed by atoms with Gasteiger partial charge in [0, 0.05) is 30.9 Å². The van der Waals surface area contributed by atoms with E-state index in [0.717, 1.165) is 31.6 Å². The van der Waals surface area contributed by atoms with Crippen LogP contribution < -0.4 is 5.32 Å². The first kappa shape index (κ1) is 12.4. The van der Waals surface area contributed by atoms with E-state index in [2.05, 4.69) is 33.1 Å². The Balaban J connectivity index is 1.85. The lowest BCUT2D eigenvalue weighted by atomic mass is 10.1. The van der Waals surface area contributed by atoms with Gasteiger partial charge in [-0.15, -0.1) is 0 Å². The summed E-state index contributed by atoms with van der Waals surface area (Å²) in [5, 5.41) is 7.87. The van der Waals surface area contributed by atoms with Crippen molar-refractivity contribution < 1.29 is 0 Å². The van der Waals surface area contributed by atoms with Crippen molar-refractivity contribution in [2.45, 2.75) is 38.8 Å². The second-order valence-corrected chi connectivity index (χ2v) is 5.18. The molecule has 102 valence electrons. The highest BCUT2D eigenvalue weighted by Gasteiger charge is 2.18. The van der Waals surface area contributed by atoms with Crippen molar-refractivity contribution in [3.05, 3.63) is 24.9 Å². The summed E-state index contributed by atoms with van der Waals surface area (Å²) < 4.78 is 4.30. The molecule has 19 heavy (non-hydrogen) atoms. The van der Waals surface area contributed by atoms with Crippen molar-refractivity contribution in [2.24, 2.45) is 0 Å². The Bertz CT molecular complexity index is 521. The third kappa shape index (κ3) is 2.56. The van der Waals surface area contributed by atoms with Crippen LogP contribution >= 0.6 is 0 Å². The largest absolute Gasteiger partial charge is 0.326 e. The van der Waals surface area contributed by atoms with Crippen molar-refractivity contribution in [1.29, 1.82) is 0 Å². The molecule has 1 aliphatic heterocycles. The number of nitrogens with one attached hydrogen (secondary N) is 1. The third-order valence-electron chi connectivity index (χ3n) is 3.71. The molecule has 1 N–H and O–H groups in total. The number of aryl methyl sites for hydroxylation is 1. The van der Waals surface area contributed by atoms with Crippen molar-refractivity contribution in [3.8, 4) is 11.3 Å². The Kier molecular flexibility index (Phi) is 3.64. The van der Waals surface area contributed by atoms with Crippen LogP contribution in [0.15, 0.2) is 24.9 Å². The molecule has 2 aromatic rings. The van der Waals surface area contributed by atoms with E-state index >= 15 is 0 Å². The monoisotopic (exact) mass is 259 g/mol. The summed E-state index contributed by atoms with van der Waals surface area (Å²) in [5.74, 6) is 0. The second kappa shape index (κ2) is 5.57. The topological polar surface area (TPSA) is 47.7 Å². The normalized spacial score (nSPS) is 19.7. The van der Waals surface area contributed by atoms with Crippen LogP contribution in [0, 0.1) is 0 Å². The van der Waals surface area contributed by atoms with Gasteiger partial charge in [0.05, 0.1) is 24.4 Å². The first-order chi connectivity index (χ1) is 9.38. The summed E-state index contributed by atoms with van der Waals surface area (Å²) in [7, 11) is 0. The lowest BCUT2D eigenvalue weighted by molar-refractivity contribution is 0.373. The van der Waals surface area contributed by atoms with E-state index in [-0.39, 0.29) is 0 Å². The number of nitrogens with zero attached hydrogens (tertiary/aromatic N) is 4. The molecule has 0 radical (unpaired) electrons. The summed E-state index contributed by atoms with van der Waals surface area (Å²) in [4.78, 5) is 4.33. The molecule has 0 aromatic carbocycles. The quantitative estimate of drug-likeness (QED) is 0.914. The molecule has 3 rings (SSSR count). The maximum Gasteiger partial charge on any atom is 0.0954 e. The smallest absolute Gasteiger partial charge is 0.0954 e. The average molecular weight is 259 g/mol. The molecule has 0 amide bonds. The minimum absolute atomic E-state index is 0.515. The Morgan fingerprint density at radius 2 is 2.37 bits per heavy atom. The average Bonchev–Trinajstić information content (AvgIpc) is 3.08. The highest BCUT2D eigenvalue weighted by atomic mass is 15.3. The van der Waals surface area contributed by atoms with Crippen LogP contribution in [0.5, 0.6) is 0 Å². The fourth-order valence-electron chi connectivity index (χ4n) is 2.74. The molecule has 0 spiro atoms. The number of piperidine rings is 1. The van der Waals surface area contributed by atoms with E-state index in [1.54, 1.807) is 0 Å². The predicted octanol–water partition coefficient (Wildman–Crippen LogP) is 2.08. The highest BCUT2D eigenvalue weighted by molar-refractivity contribution is 5.56. The number of hydrogen-bond acceptors (Lipinski definition) is 3. The van der Waals surface area contributed by atoms with Gasteiger partial charge >= 0.3 is 0 Å². The lowest BCUT2D eigenvalue weighted by Crippen LogP contribution is -2.31. The van der Waals surface area contributed by atoms with Crippen molar-refractivity contribution in [1.82, 2.24) is 24.6 Å². The molecule has 1 aliphatic rings. The van der Waals surface area contributed by atoms with Crippen LogP contribution in [0.1, 0.15) is 32.2 Å². The van der Waals surface area contributed by atoms with E-state index in [0.29, 0.717) is 6.04 Å². The minimum atomic E-state index is 0.515. The molecule has 0 aliphatic carbocycles. The summed E-state index contributed by atoms with van der Waals surface area (Å²) >= 11 is 0. The zero-order chi connectivity index (χ0) is 13.1. The molecular formula is C14H21N5. The van der Waals surface area contributed by atoms with Gasteiger partial charge in [0.15, 0.2) is 0 Å². The summed E-state index contributed by atoms with van der Waals surface area (Å²) in [6, 6.07) is 0.515. The second-order valence-electron chi connectivity index (χ2n) is 5.18. The first-order valence-electron chi connectivity index (χ1n) is 7.14. The molecule has 2 aromatic heterocycles. The predicted molar refractivity (Wildman–Crippen MR) is 74.9 cm³/mol. The zero-order valence-electron chi connectivity index (χ0n) is 11.4. The van der Waals surface area contributed by atoms with Gasteiger partial charge in [-0.2, -0.15) is 5.10 Å². The number of aromatic nitrogens is 4. The van der Waals surface area contributed by atoms with Gasteiger partial charge in [-0.25, -0.2) is 4.98 Å². The zero-order valence-corrected chi connectivity index (χ0v) is 11.4. The number of rotatable bonds is 4. The summed E-state index contributed by atoms with van der Waals surface area (Å²) in [5.41, 5.74) is 2.34. The lowest BCUT2D eigenvalue weighted by Gasteiger charge is -2.25. The van der Waals surface area contributed by atoms with Gasteiger partial charge < -0.3 is 9.88 Å². The van der Waals surface area contributed by atoms with Crippen molar-refractivity contribution in [3.63, 3.8) is 0 Å². The van der Waals surface area contributed by atoms with Gasteiger partial charge in [-0.05, 0) is 25.8 Å². The number of imidazole rings is 1. The summed E-state index contributed by atoms with van der Waals surface area (Å²) in [6.45, 7) is 5.31. The Morgan fingerprint density at radius 3 is 3.16 bits per heavy atom. The van der Waals surface area contributed by atoms with Crippen LogP contribution in [-0.4, -0.2) is 32.4 Å². The minimum Gasteiger partial charge on any atom is -0.326 e. The van der Waals surface area contributed by atoms with Gasteiger partial charge in [0.1, 0.15) is 0 Å². The van der Waals surface area contributed by atoms with Crippen LogP contribution in [0.3, 0.4) is 0 Å².